The normalized spacial score (nSPS) is 19.2. The molecule has 17 heavy (non-hydrogen) atoms. The molecule has 1 fully saturated rings. The fraction of sp³-hybridized carbons (Fsp3) is 0.600. The zero-order chi connectivity index (χ0) is 12.6. The number of nitrogens with two attached hydrogens (primary N) is 1. The van der Waals surface area contributed by atoms with Crippen LogP contribution in [0.2, 0.25) is 0 Å². The molecule has 1 aliphatic carbocycles. The standard InChI is InChI=1S/C15H23NO/c1-10(2)17-14-6-5-13(9-11(14)3)15(7-8-15)12(4)16/h5-6,9-10,12H,7-8,16H2,1-4H3. The zero-order valence-electron chi connectivity index (χ0n) is 11.3. The van der Waals surface area contributed by atoms with Crippen molar-refractivity contribution >= 4 is 0 Å². The molecule has 0 spiro atoms. The monoisotopic (exact) mass is 233 g/mol. The molecule has 0 bridgehead atoms. The van der Waals surface area contributed by atoms with Gasteiger partial charge in [-0.2, -0.15) is 0 Å². The molecule has 2 nitrogen and oxygen atoms in total. The molecule has 1 aliphatic rings. The van der Waals surface area contributed by atoms with E-state index in [1.54, 1.807) is 0 Å². The minimum Gasteiger partial charge on any atom is -0.491 e. The fourth-order valence-electron chi connectivity index (χ4n) is 2.49. The van der Waals surface area contributed by atoms with E-state index in [9.17, 15) is 0 Å². The molecular formula is C15H23NO. The van der Waals surface area contributed by atoms with Gasteiger partial charge in [-0.1, -0.05) is 12.1 Å². The van der Waals surface area contributed by atoms with Crippen LogP contribution in [0.4, 0.5) is 0 Å². The minimum atomic E-state index is 0.225. The molecule has 94 valence electrons. The lowest BCUT2D eigenvalue weighted by Gasteiger charge is -2.22. The van der Waals surface area contributed by atoms with E-state index in [0.29, 0.717) is 0 Å². The molecule has 2 heteroatoms. The van der Waals surface area contributed by atoms with Crippen molar-refractivity contribution in [3.63, 3.8) is 0 Å². The SMILES string of the molecule is Cc1cc(C2(C(C)N)CC2)ccc1OC(C)C. The topological polar surface area (TPSA) is 35.2 Å². The first-order chi connectivity index (χ1) is 7.95. The predicted octanol–water partition coefficient (Wildman–Crippen LogP) is 3.16. The Morgan fingerprint density at radius 3 is 2.29 bits per heavy atom. The number of ether oxygens (including phenoxy) is 1. The summed E-state index contributed by atoms with van der Waals surface area (Å²) in [5, 5.41) is 0. The van der Waals surface area contributed by atoms with Crippen LogP contribution in [0.5, 0.6) is 5.75 Å². The molecule has 1 saturated carbocycles. The maximum absolute atomic E-state index is 6.10. The molecule has 0 amide bonds. The Labute approximate surface area is 104 Å². The van der Waals surface area contributed by atoms with Gasteiger partial charge in [0, 0.05) is 11.5 Å². The molecule has 0 heterocycles. The van der Waals surface area contributed by atoms with Gasteiger partial charge in [0.1, 0.15) is 5.75 Å². The molecule has 2 rings (SSSR count). The van der Waals surface area contributed by atoms with E-state index >= 15 is 0 Å². The highest BCUT2D eigenvalue weighted by Crippen LogP contribution is 2.50. The van der Waals surface area contributed by atoms with E-state index in [0.717, 1.165) is 5.75 Å². The molecule has 1 unspecified atom stereocenters. The van der Waals surface area contributed by atoms with Gasteiger partial charge in [-0.15, -0.1) is 0 Å². The zero-order valence-corrected chi connectivity index (χ0v) is 11.3. The second-order valence-corrected chi connectivity index (χ2v) is 5.59. The van der Waals surface area contributed by atoms with E-state index in [2.05, 4.69) is 45.9 Å². The summed E-state index contributed by atoms with van der Waals surface area (Å²) in [4.78, 5) is 0. The number of rotatable bonds is 4. The van der Waals surface area contributed by atoms with Crippen molar-refractivity contribution in [3.05, 3.63) is 29.3 Å². The molecule has 0 saturated heterocycles. The van der Waals surface area contributed by atoms with Crippen molar-refractivity contribution in [2.45, 2.75) is 58.1 Å². The smallest absolute Gasteiger partial charge is 0.122 e. The van der Waals surface area contributed by atoms with Crippen molar-refractivity contribution < 1.29 is 4.74 Å². The van der Waals surface area contributed by atoms with E-state index < -0.39 is 0 Å². The van der Waals surface area contributed by atoms with Crippen molar-refractivity contribution in [3.8, 4) is 5.75 Å². The maximum atomic E-state index is 6.10. The second kappa shape index (κ2) is 4.34. The Kier molecular flexibility index (Phi) is 3.17. The van der Waals surface area contributed by atoms with Gasteiger partial charge in [-0.05, 0) is 57.7 Å². The molecule has 0 aliphatic heterocycles. The van der Waals surface area contributed by atoms with Crippen LogP contribution in [-0.2, 0) is 5.41 Å². The van der Waals surface area contributed by atoms with Gasteiger partial charge in [0.05, 0.1) is 6.10 Å². The quantitative estimate of drug-likeness (QED) is 0.867. The van der Waals surface area contributed by atoms with Gasteiger partial charge in [0.15, 0.2) is 0 Å². The third kappa shape index (κ3) is 2.32. The lowest BCUT2D eigenvalue weighted by atomic mass is 9.88. The van der Waals surface area contributed by atoms with Gasteiger partial charge in [-0.3, -0.25) is 0 Å². The predicted molar refractivity (Wildman–Crippen MR) is 71.5 cm³/mol. The van der Waals surface area contributed by atoms with Gasteiger partial charge >= 0.3 is 0 Å². The van der Waals surface area contributed by atoms with Crippen LogP contribution in [0.1, 0.15) is 44.7 Å². The molecular weight excluding hydrogens is 210 g/mol. The van der Waals surface area contributed by atoms with Crippen molar-refractivity contribution in [1.29, 1.82) is 0 Å². The average molecular weight is 233 g/mol. The van der Waals surface area contributed by atoms with Crippen LogP contribution in [0.3, 0.4) is 0 Å². The van der Waals surface area contributed by atoms with E-state index in [4.69, 9.17) is 10.5 Å². The lowest BCUT2D eigenvalue weighted by molar-refractivity contribution is 0.240. The van der Waals surface area contributed by atoms with Crippen LogP contribution in [0.15, 0.2) is 18.2 Å². The first-order valence-electron chi connectivity index (χ1n) is 6.49. The third-order valence-electron chi connectivity index (χ3n) is 3.77. The van der Waals surface area contributed by atoms with Crippen molar-refractivity contribution in [2.75, 3.05) is 0 Å². The Morgan fingerprint density at radius 1 is 1.24 bits per heavy atom. The fourth-order valence-corrected chi connectivity index (χ4v) is 2.49. The average Bonchev–Trinajstić information content (AvgIpc) is 3.01. The Morgan fingerprint density at radius 2 is 1.88 bits per heavy atom. The Bertz CT molecular complexity index is 405. The Hall–Kier alpha value is -1.02. The Balaban J connectivity index is 2.25. The summed E-state index contributed by atoms with van der Waals surface area (Å²) in [6, 6.07) is 6.75. The highest BCUT2D eigenvalue weighted by Gasteiger charge is 2.47. The van der Waals surface area contributed by atoms with Crippen molar-refractivity contribution in [1.82, 2.24) is 0 Å². The number of hydrogen-bond donors (Lipinski definition) is 1. The number of aryl methyl sites for hydroxylation is 1. The van der Waals surface area contributed by atoms with Gasteiger partial charge < -0.3 is 10.5 Å². The van der Waals surface area contributed by atoms with Gasteiger partial charge in [0.25, 0.3) is 0 Å². The molecule has 1 aromatic rings. The summed E-state index contributed by atoms with van der Waals surface area (Å²) in [5.74, 6) is 0.990. The molecule has 0 aromatic heterocycles. The first-order valence-corrected chi connectivity index (χ1v) is 6.49. The summed E-state index contributed by atoms with van der Waals surface area (Å²) in [5.41, 5.74) is 8.93. The molecule has 2 N–H and O–H groups in total. The molecule has 0 radical (unpaired) electrons. The van der Waals surface area contributed by atoms with Gasteiger partial charge in [0.2, 0.25) is 0 Å². The highest BCUT2D eigenvalue weighted by atomic mass is 16.5. The van der Waals surface area contributed by atoms with E-state index in [1.165, 1.54) is 24.0 Å². The second-order valence-electron chi connectivity index (χ2n) is 5.59. The van der Waals surface area contributed by atoms with E-state index in [1.807, 2.05) is 0 Å². The summed E-state index contributed by atoms with van der Waals surface area (Å²) in [7, 11) is 0. The van der Waals surface area contributed by atoms with Crippen LogP contribution < -0.4 is 10.5 Å². The maximum Gasteiger partial charge on any atom is 0.122 e. The van der Waals surface area contributed by atoms with Gasteiger partial charge in [-0.25, -0.2) is 0 Å². The van der Waals surface area contributed by atoms with Crippen LogP contribution in [-0.4, -0.2) is 12.1 Å². The minimum absolute atomic E-state index is 0.225. The van der Waals surface area contributed by atoms with Crippen LogP contribution >= 0.6 is 0 Å². The molecule has 1 atom stereocenters. The largest absolute Gasteiger partial charge is 0.491 e. The van der Waals surface area contributed by atoms with E-state index in [-0.39, 0.29) is 17.6 Å². The number of benzene rings is 1. The summed E-state index contributed by atoms with van der Waals surface area (Å²) in [6.07, 6.45) is 2.66. The lowest BCUT2D eigenvalue weighted by Crippen LogP contribution is -2.31. The molecule has 1 aromatic carbocycles. The summed E-state index contributed by atoms with van der Waals surface area (Å²) >= 11 is 0. The third-order valence-corrected chi connectivity index (χ3v) is 3.77. The summed E-state index contributed by atoms with van der Waals surface area (Å²) < 4.78 is 5.76. The van der Waals surface area contributed by atoms with Crippen LogP contribution in [0, 0.1) is 6.92 Å². The van der Waals surface area contributed by atoms with Crippen molar-refractivity contribution in [2.24, 2.45) is 5.73 Å². The van der Waals surface area contributed by atoms with Crippen LogP contribution in [0.25, 0.3) is 0 Å². The summed E-state index contributed by atoms with van der Waals surface area (Å²) in [6.45, 7) is 8.33. The number of hydrogen-bond acceptors (Lipinski definition) is 2. The first kappa shape index (κ1) is 12.4. The highest BCUT2D eigenvalue weighted by molar-refractivity contribution is 5.42.